The molecule has 2 aromatic carbocycles. The standard InChI is InChI=1S/C26H19N5O2/c1-16-8-3-6-12-22(16)33-25-19(26(32)31-13-7-9-17(2)24(31)30-25)14-18(15-27)23-28-20-10-4-5-11-21(20)29-23/h3-14H,1-2H3,(H,28,29)/b18-14+. The van der Waals surface area contributed by atoms with Gasteiger partial charge in [-0.15, -0.1) is 0 Å². The first-order valence-electron chi connectivity index (χ1n) is 10.4. The van der Waals surface area contributed by atoms with Crippen LogP contribution < -0.4 is 10.3 Å². The number of nitrogens with zero attached hydrogens (tertiary/aromatic N) is 4. The largest absolute Gasteiger partial charge is 0.438 e. The molecular formula is C26H19N5O2. The number of pyridine rings is 1. The topological polar surface area (TPSA) is 96.1 Å². The minimum absolute atomic E-state index is 0.132. The van der Waals surface area contributed by atoms with Crippen LogP contribution in [0.2, 0.25) is 0 Å². The van der Waals surface area contributed by atoms with Crippen molar-refractivity contribution in [1.29, 1.82) is 5.26 Å². The molecule has 7 nitrogen and oxygen atoms in total. The van der Waals surface area contributed by atoms with Crippen LogP contribution in [0.15, 0.2) is 71.7 Å². The summed E-state index contributed by atoms with van der Waals surface area (Å²) in [5.74, 6) is 1.08. The summed E-state index contributed by atoms with van der Waals surface area (Å²) < 4.78 is 7.57. The normalized spacial score (nSPS) is 11.6. The Hall–Kier alpha value is -4.70. The monoisotopic (exact) mass is 433 g/mol. The molecule has 1 N–H and O–H groups in total. The maximum absolute atomic E-state index is 13.5. The molecule has 0 atom stereocenters. The maximum Gasteiger partial charge on any atom is 0.269 e. The minimum Gasteiger partial charge on any atom is -0.438 e. The van der Waals surface area contributed by atoms with Crippen LogP contribution in [-0.2, 0) is 0 Å². The van der Waals surface area contributed by atoms with Crippen LogP contribution in [0.25, 0.3) is 28.3 Å². The molecule has 0 bridgehead atoms. The second-order valence-corrected chi connectivity index (χ2v) is 7.66. The molecule has 0 aliphatic rings. The van der Waals surface area contributed by atoms with Crippen molar-refractivity contribution >= 4 is 28.3 Å². The van der Waals surface area contributed by atoms with E-state index in [1.807, 2.05) is 68.4 Å². The second-order valence-electron chi connectivity index (χ2n) is 7.66. The van der Waals surface area contributed by atoms with E-state index >= 15 is 0 Å². The second kappa shape index (κ2) is 8.09. The van der Waals surface area contributed by atoms with Crippen molar-refractivity contribution < 1.29 is 4.74 Å². The van der Waals surface area contributed by atoms with Crippen molar-refractivity contribution in [3.05, 3.63) is 99.7 Å². The zero-order chi connectivity index (χ0) is 22.9. The fraction of sp³-hybridized carbons (Fsp3) is 0.0769. The highest BCUT2D eigenvalue weighted by Gasteiger charge is 2.18. The number of para-hydroxylation sites is 3. The molecule has 0 aliphatic carbocycles. The van der Waals surface area contributed by atoms with Gasteiger partial charge in [-0.2, -0.15) is 10.2 Å². The average Bonchev–Trinajstić information content (AvgIpc) is 3.25. The van der Waals surface area contributed by atoms with Crippen molar-refractivity contribution in [3.8, 4) is 17.7 Å². The number of nitriles is 1. The third-order valence-corrected chi connectivity index (χ3v) is 5.40. The zero-order valence-corrected chi connectivity index (χ0v) is 18.0. The van der Waals surface area contributed by atoms with Crippen LogP contribution in [0, 0.1) is 25.2 Å². The SMILES string of the molecule is Cc1ccccc1Oc1nc2c(C)cccn2c(=O)c1/C=C(\C#N)c1nc2ccccc2[nH]1. The lowest BCUT2D eigenvalue weighted by molar-refractivity contribution is 0.457. The molecular weight excluding hydrogens is 414 g/mol. The first kappa shape index (κ1) is 20.2. The van der Waals surface area contributed by atoms with Gasteiger partial charge in [0, 0.05) is 6.20 Å². The van der Waals surface area contributed by atoms with E-state index in [4.69, 9.17) is 4.74 Å². The van der Waals surface area contributed by atoms with Crippen molar-refractivity contribution in [2.24, 2.45) is 0 Å². The van der Waals surface area contributed by atoms with Gasteiger partial charge in [0.05, 0.1) is 16.6 Å². The van der Waals surface area contributed by atoms with E-state index in [0.29, 0.717) is 17.2 Å². The number of aryl methyl sites for hydroxylation is 2. The third kappa shape index (κ3) is 3.64. The van der Waals surface area contributed by atoms with Crippen molar-refractivity contribution in [2.45, 2.75) is 13.8 Å². The van der Waals surface area contributed by atoms with Crippen LogP contribution in [0.4, 0.5) is 0 Å². The number of hydrogen-bond acceptors (Lipinski definition) is 5. The third-order valence-electron chi connectivity index (χ3n) is 5.40. The van der Waals surface area contributed by atoms with E-state index in [9.17, 15) is 10.1 Å². The van der Waals surface area contributed by atoms with Crippen molar-refractivity contribution in [1.82, 2.24) is 19.4 Å². The number of H-pyrrole nitrogens is 1. The number of fused-ring (bicyclic) bond motifs is 2. The zero-order valence-electron chi connectivity index (χ0n) is 18.0. The fourth-order valence-corrected chi connectivity index (χ4v) is 3.65. The Morgan fingerprint density at radius 1 is 1.03 bits per heavy atom. The highest BCUT2D eigenvalue weighted by molar-refractivity contribution is 5.91. The minimum atomic E-state index is -0.337. The van der Waals surface area contributed by atoms with Gasteiger partial charge in [-0.3, -0.25) is 9.20 Å². The van der Waals surface area contributed by atoms with Crippen LogP contribution >= 0.6 is 0 Å². The van der Waals surface area contributed by atoms with Gasteiger partial charge in [-0.1, -0.05) is 36.4 Å². The van der Waals surface area contributed by atoms with Gasteiger partial charge in [-0.05, 0) is 55.3 Å². The number of aromatic amines is 1. The van der Waals surface area contributed by atoms with Gasteiger partial charge in [0.15, 0.2) is 0 Å². The lowest BCUT2D eigenvalue weighted by atomic mass is 10.1. The summed E-state index contributed by atoms with van der Waals surface area (Å²) in [5, 5.41) is 9.89. The molecule has 33 heavy (non-hydrogen) atoms. The molecule has 0 fully saturated rings. The molecule has 0 saturated carbocycles. The molecule has 3 heterocycles. The van der Waals surface area contributed by atoms with Gasteiger partial charge in [0.25, 0.3) is 5.56 Å². The number of benzene rings is 2. The Bertz CT molecular complexity index is 1620. The molecule has 5 rings (SSSR count). The quantitative estimate of drug-likeness (QED) is 0.400. The Morgan fingerprint density at radius 3 is 2.58 bits per heavy atom. The van der Waals surface area contributed by atoms with Gasteiger partial charge in [0.2, 0.25) is 5.88 Å². The first-order valence-corrected chi connectivity index (χ1v) is 10.4. The van der Waals surface area contributed by atoms with E-state index in [1.54, 1.807) is 12.3 Å². The van der Waals surface area contributed by atoms with Gasteiger partial charge in [0.1, 0.15) is 28.9 Å². The molecule has 5 aromatic rings. The van der Waals surface area contributed by atoms with E-state index in [2.05, 4.69) is 21.0 Å². The van der Waals surface area contributed by atoms with Gasteiger partial charge < -0.3 is 9.72 Å². The Morgan fingerprint density at radius 2 is 1.79 bits per heavy atom. The fourth-order valence-electron chi connectivity index (χ4n) is 3.65. The number of ether oxygens (including phenoxy) is 1. The number of hydrogen-bond donors (Lipinski definition) is 1. The predicted molar refractivity (Wildman–Crippen MR) is 127 cm³/mol. The molecule has 160 valence electrons. The van der Waals surface area contributed by atoms with E-state index in [1.165, 1.54) is 10.5 Å². The summed E-state index contributed by atoms with van der Waals surface area (Å²) in [7, 11) is 0. The van der Waals surface area contributed by atoms with Gasteiger partial charge in [-0.25, -0.2) is 4.98 Å². The molecule has 7 heteroatoms. The molecule has 0 aliphatic heterocycles. The number of rotatable bonds is 4. The number of imidazole rings is 1. The van der Waals surface area contributed by atoms with E-state index in [0.717, 1.165) is 22.2 Å². The Balaban J connectivity index is 1.74. The van der Waals surface area contributed by atoms with Crippen LogP contribution in [-0.4, -0.2) is 19.4 Å². The van der Waals surface area contributed by atoms with Crippen LogP contribution in [0.5, 0.6) is 11.6 Å². The number of allylic oxidation sites excluding steroid dienone is 1. The molecule has 3 aromatic heterocycles. The summed E-state index contributed by atoms with van der Waals surface area (Å²) in [6.45, 7) is 3.79. The Labute approximate surface area is 189 Å². The summed E-state index contributed by atoms with van der Waals surface area (Å²) in [5.41, 5.74) is 3.78. The summed E-state index contributed by atoms with van der Waals surface area (Å²) >= 11 is 0. The lowest BCUT2D eigenvalue weighted by Gasteiger charge is -2.12. The lowest BCUT2D eigenvalue weighted by Crippen LogP contribution is -2.19. The van der Waals surface area contributed by atoms with E-state index in [-0.39, 0.29) is 22.6 Å². The highest BCUT2D eigenvalue weighted by Crippen LogP contribution is 2.28. The summed E-state index contributed by atoms with van der Waals surface area (Å²) in [6.07, 6.45) is 3.13. The molecule has 0 unspecified atom stereocenters. The first-order chi connectivity index (χ1) is 16.0. The smallest absolute Gasteiger partial charge is 0.269 e. The maximum atomic E-state index is 13.5. The van der Waals surface area contributed by atoms with Gasteiger partial charge >= 0.3 is 0 Å². The Kier molecular flexibility index (Phi) is 4.96. The highest BCUT2D eigenvalue weighted by atomic mass is 16.5. The van der Waals surface area contributed by atoms with Crippen molar-refractivity contribution in [3.63, 3.8) is 0 Å². The van der Waals surface area contributed by atoms with E-state index < -0.39 is 0 Å². The average molecular weight is 433 g/mol. The molecule has 0 radical (unpaired) electrons. The van der Waals surface area contributed by atoms with Crippen molar-refractivity contribution in [2.75, 3.05) is 0 Å². The number of nitrogens with one attached hydrogen (secondary N) is 1. The molecule has 0 amide bonds. The van der Waals surface area contributed by atoms with Crippen LogP contribution in [0.1, 0.15) is 22.5 Å². The number of aromatic nitrogens is 4. The summed E-state index contributed by atoms with van der Waals surface area (Å²) in [4.78, 5) is 25.8. The molecule has 0 saturated heterocycles. The predicted octanol–water partition coefficient (Wildman–Crippen LogP) is 5.04. The summed E-state index contributed by atoms with van der Waals surface area (Å²) in [6, 6.07) is 20.8. The van der Waals surface area contributed by atoms with Crippen LogP contribution in [0.3, 0.4) is 0 Å². The molecule has 0 spiro atoms.